The topological polar surface area (TPSA) is 52.6 Å². The van der Waals surface area contributed by atoms with E-state index in [-0.39, 0.29) is 6.04 Å². The monoisotopic (exact) mass is 270 g/mol. The number of carboxylic acid groups (broad SMARTS) is 1. The molecule has 0 radical (unpaired) electrons. The van der Waals surface area contributed by atoms with E-state index in [0.717, 1.165) is 19.6 Å². The van der Waals surface area contributed by atoms with Gasteiger partial charge < -0.3 is 10.0 Å². The Balaban J connectivity index is 2.54. The summed E-state index contributed by atoms with van der Waals surface area (Å²) in [5.74, 6) is -0.752. The fourth-order valence-corrected chi connectivity index (χ4v) is 3.00. The van der Waals surface area contributed by atoms with Crippen molar-refractivity contribution >= 4 is 5.97 Å². The summed E-state index contributed by atoms with van der Waals surface area (Å²) < 4.78 is 0. The van der Waals surface area contributed by atoms with Crippen molar-refractivity contribution in [1.29, 1.82) is 0 Å². The highest BCUT2D eigenvalue weighted by Crippen LogP contribution is 2.28. The summed E-state index contributed by atoms with van der Waals surface area (Å²) in [5.41, 5.74) is -0.459. The van der Waals surface area contributed by atoms with Crippen LogP contribution in [0.5, 0.6) is 0 Å². The summed E-state index contributed by atoms with van der Waals surface area (Å²) >= 11 is 0. The first kappa shape index (κ1) is 16.4. The second-order valence-corrected chi connectivity index (χ2v) is 7.23. The molecule has 0 aliphatic carbocycles. The SMILES string of the molecule is CC(C)NC(C)(CCN1CCCC(C)(C)C1)C(=O)O. The average molecular weight is 270 g/mol. The maximum absolute atomic E-state index is 11.5. The van der Waals surface area contributed by atoms with Crippen molar-refractivity contribution in [3.8, 4) is 0 Å². The van der Waals surface area contributed by atoms with Crippen molar-refractivity contribution in [3.63, 3.8) is 0 Å². The molecule has 1 atom stereocenters. The Kier molecular flexibility index (Phi) is 5.39. The highest BCUT2D eigenvalue weighted by molar-refractivity contribution is 5.78. The van der Waals surface area contributed by atoms with E-state index in [0.29, 0.717) is 11.8 Å². The average Bonchev–Trinajstić information content (AvgIpc) is 2.24. The molecule has 1 aliphatic rings. The number of hydrogen-bond donors (Lipinski definition) is 2. The summed E-state index contributed by atoms with van der Waals surface area (Å²) in [5, 5.41) is 12.6. The van der Waals surface area contributed by atoms with Crippen LogP contribution in [0.3, 0.4) is 0 Å². The van der Waals surface area contributed by atoms with Crippen LogP contribution in [0.2, 0.25) is 0 Å². The van der Waals surface area contributed by atoms with Crippen LogP contribution in [-0.2, 0) is 4.79 Å². The van der Waals surface area contributed by atoms with E-state index >= 15 is 0 Å². The smallest absolute Gasteiger partial charge is 0.323 e. The Bertz CT molecular complexity index is 315. The molecule has 1 aliphatic heterocycles. The zero-order chi connectivity index (χ0) is 14.7. The van der Waals surface area contributed by atoms with Gasteiger partial charge in [0.05, 0.1) is 0 Å². The van der Waals surface area contributed by atoms with E-state index in [9.17, 15) is 9.90 Å². The van der Waals surface area contributed by atoms with E-state index in [1.54, 1.807) is 6.92 Å². The van der Waals surface area contributed by atoms with Crippen molar-refractivity contribution in [1.82, 2.24) is 10.2 Å². The lowest BCUT2D eigenvalue weighted by Gasteiger charge is -2.39. The molecule has 0 saturated carbocycles. The van der Waals surface area contributed by atoms with Crippen LogP contribution in [0.25, 0.3) is 0 Å². The van der Waals surface area contributed by atoms with Crippen LogP contribution >= 0.6 is 0 Å². The van der Waals surface area contributed by atoms with Gasteiger partial charge in [0.2, 0.25) is 0 Å². The predicted molar refractivity (Wildman–Crippen MR) is 78.4 cm³/mol. The van der Waals surface area contributed by atoms with E-state index in [1.807, 2.05) is 13.8 Å². The lowest BCUT2D eigenvalue weighted by molar-refractivity contribution is -0.145. The summed E-state index contributed by atoms with van der Waals surface area (Å²) in [6.07, 6.45) is 3.13. The minimum atomic E-state index is -0.824. The maximum Gasteiger partial charge on any atom is 0.323 e. The second-order valence-electron chi connectivity index (χ2n) is 7.23. The van der Waals surface area contributed by atoms with Gasteiger partial charge in [-0.25, -0.2) is 0 Å². The van der Waals surface area contributed by atoms with Crippen molar-refractivity contribution in [2.24, 2.45) is 5.41 Å². The predicted octanol–water partition coefficient (Wildman–Crippen LogP) is 2.34. The van der Waals surface area contributed by atoms with Gasteiger partial charge in [-0.05, 0) is 52.0 Å². The van der Waals surface area contributed by atoms with E-state index < -0.39 is 11.5 Å². The molecule has 1 saturated heterocycles. The number of carbonyl (C=O) groups is 1. The molecule has 0 amide bonds. The second kappa shape index (κ2) is 6.23. The van der Waals surface area contributed by atoms with Gasteiger partial charge in [0.15, 0.2) is 0 Å². The zero-order valence-electron chi connectivity index (χ0n) is 13.1. The fourth-order valence-electron chi connectivity index (χ4n) is 3.00. The van der Waals surface area contributed by atoms with E-state index in [1.165, 1.54) is 12.8 Å². The Labute approximate surface area is 117 Å². The molecule has 0 aromatic heterocycles. The molecule has 19 heavy (non-hydrogen) atoms. The van der Waals surface area contributed by atoms with Crippen molar-refractivity contribution < 1.29 is 9.90 Å². The Morgan fingerprint density at radius 3 is 2.58 bits per heavy atom. The molecule has 1 heterocycles. The van der Waals surface area contributed by atoms with Gasteiger partial charge in [0.1, 0.15) is 5.54 Å². The maximum atomic E-state index is 11.5. The van der Waals surface area contributed by atoms with Gasteiger partial charge in [0.25, 0.3) is 0 Å². The quantitative estimate of drug-likeness (QED) is 0.778. The minimum absolute atomic E-state index is 0.180. The van der Waals surface area contributed by atoms with Gasteiger partial charge in [-0.3, -0.25) is 10.1 Å². The molecule has 4 heteroatoms. The van der Waals surface area contributed by atoms with Crippen molar-refractivity contribution in [2.45, 2.75) is 65.5 Å². The van der Waals surface area contributed by atoms with Gasteiger partial charge in [-0.1, -0.05) is 13.8 Å². The lowest BCUT2D eigenvalue weighted by atomic mass is 9.84. The number of nitrogens with one attached hydrogen (secondary N) is 1. The van der Waals surface area contributed by atoms with Crippen LogP contribution in [0, 0.1) is 5.41 Å². The van der Waals surface area contributed by atoms with Crippen molar-refractivity contribution in [3.05, 3.63) is 0 Å². The number of nitrogens with zero attached hydrogens (tertiary/aromatic N) is 1. The Hall–Kier alpha value is -0.610. The Morgan fingerprint density at radius 2 is 2.11 bits per heavy atom. The summed E-state index contributed by atoms with van der Waals surface area (Å²) in [7, 11) is 0. The summed E-state index contributed by atoms with van der Waals surface area (Å²) in [6, 6.07) is 0.180. The van der Waals surface area contributed by atoms with Crippen LogP contribution < -0.4 is 5.32 Å². The molecule has 0 bridgehead atoms. The molecule has 4 nitrogen and oxygen atoms in total. The molecule has 2 N–H and O–H groups in total. The molecule has 0 aromatic carbocycles. The molecule has 112 valence electrons. The largest absolute Gasteiger partial charge is 0.480 e. The van der Waals surface area contributed by atoms with Gasteiger partial charge >= 0.3 is 5.97 Å². The number of carboxylic acids is 1. The number of aliphatic carboxylic acids is 1. The van der Waals surface area contributed by atoms with Gasteiger partial charge in [0, 0.05) is 19.1 Å². The van der Waals surface area contributed by atoms with Gasteiger partial charge in [-0.15, -0.1) is 0 Å². The molecule has 0 aromatic rings. The number of likely N-dealkylation sites (tertiary alicyclic amines) is 1. The Morgan fingerprint density at radius 1 is 1.47 bits per heavy atom. The minimum Gasteiger partial charge on any atom is -0.480 e. The standard InChI is InChI=1S/C15H30N2O2/c1-12(2)16-15(5,13(18)19)8-10-17-9-6-7-14(3,4)11-17/h12,16H,6-11H2,1-5H3,(H,18,19). The third-order valence-electron chi connectivity index (χ3n) is 3.99. The first-order valence-electron chi connectivity index (χ1n) is 7.38. The highest BCUT2D eigenvalue weighted by atomic mass is 16.4. The molecule has 1 unspecified atom stereocenters. The zero-order valence-corrected chi connectivity index (χ0v) is 13.1. The van der Waals surface area contributed by atoms with Crippen molar-refractivity contribution in [2.75, 3.05) is 19.6 Å². The van der Waals surface area contributed by atoms with E-state index in [2.05, 4.69) is 24.1 Å². The summed E-state index contributed by atoms with van der Waals surface area (Å²) in [6.45, 7) is 13.4. The number of rotatable bonds is 6. The first-order chi connectivity index (χ1) is 8.65. The van der Waals surface area contributed by atoms with Crippen LogP contribution in [0.4, 0.5) is 0 Å². The lowest BCUT2D eigenvalue weighted by Crippen LogP contribution is -2.54. The number of hydrogen-bond acceptors (Lipinski definition) is 3. The fraction of sp³-hybridized carbons (Fsp3) is 0.933. The first-order valence-corrected chi connectivity index (χ1v) is 7.38. The molecule has 0 spiro atoms. The number of piperidine rings is 1. The highest BCUT2D eigenvalue weighted by Gasteiger charge is 2.35. The van der Waals surface area contributed by atoms with Crippen LogP contribution in [0.15, 0.2) is 0 Å². The van der Waals surface area contributed by atoms with Gasteiger partial charge in [-0.2, -0.15) is 0 Å². The molecule has 1 rings (SSSR count). The van der Waals surface area contributed by atoms with Crippen LogP contribution in [0.1, 0.15) is 53.9 Å². The summed E-state index contributed by atoms with van der Waals surface area (Å²) in [4.78, 5) is 13.9. The van der Waals surface area contributed by atoms with Crippen LogP contribution in [-0.4, -0.2) is 47.2 Å². The normalized spacial score (nSPS) is 23.3. The van der Waals surface area contributed by atoms with E-state index in [4.69, 9.17) is 0 Å². The molecular formula is C15H30N2O2. The third-order valence-corrected chi connectivity index (χ3v) is 3.99. The third kappa shape index (κ3) is 5.11. The molecule has 1 fully saturated rings. The molecular weight excluding hydrogens is 240 g/mol.